The van der Waals surface area contributed by atoms with E-state index in [2.05, 4.69) is 83.1 Å². The fourth-order valence-corrected chi connectivity index (χ4v) is 6.53. The van der Waals surface area contributed by atoms with Crippen molar-refractivity contribution in [2.45, 2.75) is 121 Å². The fraction of sp³-hybridized carbons (Fsp3) is 0.447. The van der Waals surface area contributed by atoms with E-state index in [0.717, 1.165) is 75.4 Å². The molecule has 0 spiro atoms. The molecule has 5 aromatic rings. The first-order valence-electron chi connectivity index (χ1n) is 19.0. The van der Waals surface area contributed by atoms with Crippen molar-refractivity contribution in [3.63, 3.8) is 0 Å². The van der Waals surface area contributed by atoms with E-state index in [1.54, 1.807) is 6.20 Å². The topological polar surface area (TPSA) is 83.6 Å². The van der Waals surface area contributed by atoms with E-state index in [1.165, 1.54) is 17.0 Å². The molecule has 2 N–H and O–H groups in total. The Kier molecular flexibility index (Phi) is 14.5. The number of benzene rings is 3. The normalized spacial score (nSPS) is 13.2. The quantitative estimate of drug-likeness (QED) is 0.0784. The molecule has 5 rings (SSSR count). The summed E-state index contributed by atoms with van der Waals surface area (Å²) in [5, 5.41) is 25.0. The largest absolute Gasteiger partial charge is 0.512 e. The number of aromatic nitrogens is 1. The molecule has 53 heavy (non-hydrogen) atoms. The van der Waals surface area contributed by atoms with E-state index in [0.29, 0.717) is 18.1 Å². The van der Waals surface area contributed by atoms with Gasteiger partial charge in [-0.25, -0.2) is 0 Å². The number of pyridine rings is 1. The van der Waals surface area contributed by atoms with E-state index >= 15 is 0 Å². The van der Waals surface area contributed by atoms with Crippen molar-refractivity contribution in [2.75, 3.05) is 0 Å². The van der Waals surface area contributed by atoms with Crippen molar-refractivity contribution < 1.29 is 39.5 Å². The van der Waals surface area contributed by atoms with Gasteiger partial charge in [-0.1, -0.05) is 117 Å². The Morgan fingerprint density at radius 3 is 2.06 bits per heavy atom. The van der Waals surface area contributed by atoms with Gasteiger partial charge in [0.15, 0.2) is 5.78 Å². The predicted molar refractivity (Wildman–Crippen MR) is 220 cm³/mol. The monoisotopic (exact) mass is 895 g/mol. The van der Waals surface area contributed by atoms with Gasteiger partial charge < -0.3 is 14.6 Å². The van der Waals surface area contributed by atoms with Crippen LogP contribution >= 0.6 is 0 Å². The van der Waals surface area contributed by atoms with Gasteiger partial charge >= 0.3 is 0 Å². The molecule has 0 amide bonds. The molecule has 0 aliphatic heterocycles. The maximum Gasteiger partial charge on any atom is 0.164 e. The molecule has 0 unspecified atom stereocenters. The summed E-state index contributed by atoms with van der Waals surface area (Å²) in [6, 6.07) is 22.4. The second-order valence-corrected chi connectivity index (χ2v) is 16.3. The number of rotatable bonds is 11. The molecule has 0 fully saturated rings. The Balaban J connectivity index is 0.000000359. The summed E-state index contributed by atoms with van der Waals surface area (Å²) in [6.45, 7) is 25.0. The molecule has 2 heterocycles. The Hall–Kier alpha value is -3.73. The number of aliphatic hydroxyl groups excluding tert-OH is 2. The van der Waals surface area contributed by atoms with E-state index in [9.17, 15) is 15.0 Å². The molecule has 287 valence electrons. The number of allylic oxidation sites excluding steroid dienone is 4. The van der Waals surface area contributed by atoms with Gasteiger partial charge in [0.1, 0.15) is 16.9 Å². The Bertz CT molecular complexity index is 2100. The average molecular weight is 895 g/mol. The minimum Gasteiger partial charge on any atom is -0.512 e. The van der Waals surface area contributed by atoms with Gasteiger partial charge in [-0.3, -0.25) is 9.78 Å². The van der Waals surface area contributed by atoms with Gasteiger partial charge in [-0.2, -0.15) is 0 Å². The SMILES string of the molecule is C/C(=C(/O)CC(C)C)c1ccc2c(c1)oc1ccnc(-c3[c-]c4ccccc4c(C(C)(C)C)c3)c12.CCC(C)(CC)C(=O)/C=C(\O)C(C)(CC)CC.[Ir]. The zero-order valence-corrected chi connectivity index (χ0v) is 36.4. The van der Waals surface area contributed by atoms with Gasteiger partial charge in [0.25, 0.3) is 0 Å². The molecule has 3 aromatic carbocycles. The van der Waals surface area contributed by atoms with Crippen LogP contribution in [0.2, 0.25) is 0 Å². The zero-order valence-electron chi connectivity index (χ0n) is 34.0. The number of fused-ring (bicyclic) bond motifs is 4. The second kappa shape index (κ2) is 17.6. The van der Waals surface area contributed by atoms with Crippen molar-refractivity contribution in [2.24, 2.45) is 16.7 Å². The Morgan fingerprint density at radius 1 is 0.849 bits per heavy atom. The van der Waals surface area contributed by atoms with Crippen LogP contribution in [0.25, 0.3) is 49.5 Å². The van der Waals surface area contributed by atoms with Crippen LogP contribution < -0.4 is 0 Å². The molecule has 0 bridgehead atoms. The Labute approximate surface area is 331 Å². The molecule has 2 aromatic heterocycles. The summed E-state index contributed by atoms with van der Waals surface area (Å²) in [7, 11) is 0. The maximum atomic E-state index is 12.2. The molecular formula is C47H60IrNO4-. The first-order valence-corrected chi connectivity index (χ1v) is 19.0. The van der Waals surface area contributed by atoms with E-state index in [1.807, 2.05) is 60.6 Å². The number of aliphatic hydroxyl groups is 2. The van der Waals surface area contributed by atoms with E-state index < -0.39 is 0 Å². The molecule has 0 atom stereocenters. The standard InChI is InChI=1S/C32H32NO2.C15H28O2.Ir/c1-19(2)15-27(34)20(3)21-11-12-25-29(18-21)35-28-13-14-33-31(30(25)28)23-16-22-9-7-8-10-24(22)26(17-23)32(4,5)6;1-7-14(5,8-2)12(16)11-13(17)15(6,9-3)10-4;/h7-14,17-19,34H,15H2,1-6H3;11,16H,7-10H2,1-6H3;/q-1;;/b27-20-;12-11-;. The summed E-state index contributed by atoms with van der Waals surface area (Å²) in [6.07, 6.45) is 7.22. The number of carbonyl (C=O) groups is 1. The van der Waals surface area contributed by atoms with Crippen LogP contribution in [0.3, 0.4) is 0 Å². The average Bonchev–Trinajstić information content (AvgIpc) is 3.51. The van der Waals surface area contributed by atoms with Crippen molar-refractivity contribution in [1.29, 1.82) is 0 Å². The molecule has 0 aliphatic rings. The third-order valence-corrected chi connectivity index (χ3v) is 11.3. The molecule has 6 heteroatoms. The minimum absolute atomic E-state index is 0. The van der Waals surface area contributed by atoms with Gasteiger partial charge in [0.2, 0.25) is 0 Å². The van der Waals surface area contributed by atoms with Crippen LogP contribution in [-0.4, -0.2) is 21.0 Å². The smallest absolute Gasteiger partial charge is 0.164 e. The van der Waals surface area contributed by atoms with Gasteiger partial charge in [0, 0.05) is 66.1 Å². The van der Waals surface area contributed by atoms with Crippen molar-refractivity contribution >= 4 is 44.1 Å². The molecule has 0 saturated carbocycles. The third-order valence-electron chi connectivity index (χ3n) is 11.3. The van der Waals surface area contributed by atoms with Crippen LogP contribution in [0.4, 0.5) is 0 Å². The summed E-state index contributed by atoms with van der Waals surface area (Å²) in [5.41, 5.74) is 5.94. The minimum atomic E-state index is -0.337. The summed E-state index contributed by atoms with van der Waals surface area (Å²) in [4.78, 5) is 17.0. The first kappa shape index (κ1) is 43.7. The third kappa shape index (κ3) is 9.50. The molecular weight excluding hydrogens is 835 g/mol. The summed E-state index contributed by atoms with van der Waals surface area (Å²) < 4.78 is 6.29. The number of furan rings is 1. The van der Waals surface area contributed by atoms with Crippen LogP contribution in [0.15, 0.2) is 82.8 Å². The summed E-state index contributed by atoms with van der Waals surface area (Å²) >= 11 is 0. The fourth-order valence-electron chi connectivity index (χ4n) is 6.53. The first-order chi connectivity index (χ1) is 24.4. The second-order valence-electron chi connectivity index (χ2n) is 16.3. The summed E-state index contributed by atoms with van der Waals surface area (Å²) in [5.74, 6) is 1.11. The zero-order chi connectivity index (χ0) is 38.6. The van der Waals surface area contributed by atoms with Crippen molar-refractivity contribution in [3.05, 3.63) is 95.6 Å². The maximum absolute atomic E-state index is 12.2. The Morgan fingerprint density at radius 2 is 1.47 bits per heavy atom. The molecule has 5 nitrogen and oxygen atoms in total. The van der Waals surface area contributed by atoms with Gasteiger partial charge in [-0.15, -0.1) is 29.1 Å². The van der Waals surface area contributed by atoms with Gasteiger partial charge in [-0.05, 0) is 67.2 Å². The molecule has 1 radical (unpaired) electrons. The number of carbonyl (C=O) groups excluding carboxylic acids is 1. The van der Waals surface area contributed by atoms with Crippen LogP contribution in [0.1, 0.15) is 126 Å². The predicted octanol–water partition coefficient (Wildman–Crippen LogP) is 13.9. The molecule has 0 aliphatic carbocycles. The van der Waals surface area contributed by atoms with Crippen LogP contribution in [0, 0.1) is 22.8 Å². The van der Waals surface area contributed by atoms with Crippen LogP contribution in [-0.2, 0) is 30.3 Å². The number of hydrogen-bond donors (Lipinski definition) is 2. The van der Waals surface area contributed by atoms with Crippen molar-refractivity contribution in [1.82, 2.24) is 4.98 Å². The van der Waals surface area contributed by atoms with E-state index in [4.69, 9.17) is 9.40 Å². The van der Waals surface area contributed by atoms with Crippen LogP contribution in [0.5, 0.6) is 0 Å². The number of hydrogen-bond acceptors (Lipinski definition) is 5. The van der Waals surface area contributed by atoms with Crippen molar-refractivity contribution in [3.8, 4) is 11.3 Å². The number of nitrogens with zero attached hydrogens (tertiary/aromatic N) is 1. The molecule has 0 saturated heterocycles. The van der Waals surface area contributed by atoms with E-state index in [-0.39, 0.29) is 47.9 Å². The van der Waals surface area contributed by atoms with Gasteiger partial charge in [0.05, 0.1) is 5.76 Å². The number of ketones is 1.